The number of carbonyl (C=O) groups is 2. The number of hydrogen-bond donors (Lipinski definition) is 3. The summed E-state index contributed by atoms with van der Waals surface area (Å²) in [5.74, 6) is -0.532. The number of hydrogen-bond acceptors (Lipinski definition) is 3. The third kappa shape index (κ3) is 5.89. The van der Waals surface area contributed by atoms with E-state index in [2.05, 4.69) is 16.0 Å². The average molecular weight is 360 g/mol. The molecule has 0 aliphatic rings. The fourth-order valence-electron chi connectivity index (χ4n) is 2.28. The molecular weight excluding hydrogens is 338 g/mol. The number of amides is 2. The lowest BCUT2D eigenvalue weighted by atomic mass is 10.1. The number of rotatable bonds is 7. The second-order valence-electron chi connectivity index (χ2n) is 5.75. The number of nitrogens with one attached hydrogen (secondary N) is 3. The van der Waals surface area contributed by atoms with E-state index in [-0.39, 0.29) is 30.9 Å². The highest BCUT2D eigenvalue weighted by atomic mass is 35.5. The average Bonchev–Trinajstić information content (AvgIpc) is 2.62. The van der Waals surface area contributed by atoms with Crippen molar-refractivity contribution in [2.24, 2.45) is 0 Å². The van der Waals surface area contributed by atoms with Gasteiger partial charge < -0.3 is 16.0 Å². The van der Waals surface area contributed by atoms with Gasteiger partial charge in [0, 0.05) is 16.8 Å². The normalized spacial score (nSPS) is 11.6. The van der Waals surface area contributed by atoms with E-state index in [4.69, 9.17) is 11.6 Å². The predicted octanol–water partition coefficient (Wildman–Crippen LogP) is 3.05. The van der Waals surface area contributed by atoms with Crippen molar-refractivity contribution in [3.05, 3.63) is 64.7 Å². The first-order valence-corrected chi connectivity index (χ1v) is 8.45. The van der Waals surface area contributed by atoms with Crippen LogP contribution in [0.25, 0.3) is 0 Å². The fraction of sp³-hybridized carbons (Fsp3) is 0.263. The Morgan fingerprint density at radius 3 is 2.44 bits per heavy atom. The van der Waals surface area contributed by atoms with Gasteiger partial charge in [-0.3, -0.25) is 9.59 Å². The maximum atomic E-state index is 12.0. The van der Waals surface area contributed by atoms with Crippen LogP contribution in [0, 0.1) is 6.92 Å². The van der Waals surface area contributed by atoms with Gasteiger partial charge in [0.25, 0.3) is 0 Å². The van der Waals surface area contributed by atoms with Gasteiger partial charge in [-0.1, -0.05) is 48.0 Å². The lowest BCUT2D eigenvalue weighted by Gasteiger charge is -2.14. The van der Waals surface area contributed by atoms with E-state index in [9.17, 15) is 9.59 Å². The summed E-state index contributed by atoms with van der Waals surface area (Å²) in [4.78, 5) is 23.8. The van der Waals surface area contributed by atoms with Crippen LogP contribution in [0.5, 0.6) is 0 Å². The first-order chi connectivity index (χ1) is 12.0. The van der Waals surface area contributed by atoms with Crippen LogP contribution in [0.3, 0.4) is 0 Å². The van der Waals surface area contributed by atoms with Crippen molar-refractivity contribution >= 4 is 29.1 Å². The van der Waals surface area contributed by atoms with Crippen LogP contribution < -0.4 is 16.0 Å². The highest BCUT2D eigenvalue weighted by Gasteiger charge is 2.10. The molecular formula is C19H22ClN3O2. The zero-order valence-electron chi connectivity index (χ0n) is 14.3. The first-order valence-electron chi connectivity index (χ1n) is 8.07. The maximum absolute atomic E-state index is 12.0. The lowest BCUT2D eigenvalue weighted by Crippen LogP contribution is -2.39. The standard InChI is InChI=1S/C19H22ClN3O2/c1-13-16(20)9-6-10-17(13)23-19(25)12-22-18(24)11-21-14(2)15-7-4-3-5-8-15/h3-10,14,21H,11-12H2,1-2H3,(H,22,24)(H,23,25)/t14-/m0/s1. The van der Waals surface area contributed by atoms with Gasteiger partial charge >= 0.3 is 0 Å². The Hall–Kier alpha value is -2.37. The Kier molecular flexibility index (Phi) is 6.98. The van der Waals surface area contributed by atoms with Crippen molar-refractivity contribution in [1.29, 1.82) is 0 Å². The largest absolute Gasteiger partial charge is 0.346 e. The molecule has 132 valence electrons. The summed E-state index contributed by atoms with van der Waals surface area (Å²) in [7, 11) is 0. The molecule has 5 nitrogen and oxygen atoms in total. The van der Waals surface area contributed by atoms with Gasteiger partial charge in [-0.05, 0) is 37.1 Å². The van der Waals surface area contributed by atoms with Crippen molar-refractivity contribution < 1.29 is 9.59 Å². The summed E-state index contributed by atoms with van der Waals surface area (Å²) in [6.07, 6.45) is 0. The Bertz CT molecular complexity index is 735. The predicted molar refractivity (Wildman–Crippen MR) is 101 cm³/mol. The SMILES string of the molecule is Cc1c(Cl)cccc1NC(=O)CNC(=O)CN[C@@H](C)c1ccccc1. The number of halogens is 1. The monoisotopic (exact) mass is 359 g/mol. The summed E-state index contributed by atoms with van der Waals surface area (Å²) in [6.45, 7) is 3.86. The Balaban J connectivity index is 1.74. The molecule has 2 aromatic carbocycles. The van der Waals surface area contributed by atoms with Crippen LogP contribution in [-0.4, -0.2) is 24.9 Å². The topological polar surface area (TPSA) is 70.2 Å². The van der Waals surface area contributed by atoms with Crippen LogP contribution in [-0.2, 0) is 9.59 Å². The molecule has 0 bridgehead atoms. The van der Waals surface area contributed by atoms with E-state index < -0.39 is 0 Å². The molecule has 0 radical (unpaired) electrons. The van der Waals surface area contributed by atoms with Crippen LogP contribution in [0.1, 0.15) is 24.1 Å². The highest BCUT2D eigenvalue weighted by molar-refractivity contribution is 6.31. The molecule has 0 aliphatic heterocycles. The van der Waals surface area contributed by atoms with E-state index in [1.54, 1.807) is 18.2 Å². The van der Waals surface area contributed by atoms with Crippen LogP contribution in [0.2, 0.25) is 5.02 Å². The Labute approximate surface area is 152 Å². The molecule has 2 rings (SSSR count). The molecule has 0 fully saturated rings. The van der Waals surface area contributed by atoms with Gasteiger partial charge in [0.2, 0.25) is 11.8 Å². The van der Waals surface area contributed by atoms with E-state index in [1.807, 2.05) is 44.2 Å². The zero-order chi connectivity index (χ0) is 18.2. The van der Waals surface area contributed by atoms with Crippen LogP contribution in [0.4, 0.5) is 5.69 Å². The molecule has 0 unspecified atom stereocenters. The minimum atomic E-state index is -0.296. The number of anilines is 1. The van der Waals surface area contributed by atoms with Gasteiger partial charge in [0.1, 0.15) is 0 Å². The molecule has 1 atom stereocenters. The van der Waals surface area contributed by atoms with E-state index >= 15 is 0 Å². The summed E-state index contributed by atoms with van der Waals surface area (Å²) in [6, 6.07) is 15.2. The molecule has 0 spiro atoms. The van der Waals surface area contributed by atoms with E-state index in [0.29, 0.717) is 10.7 Å². The molecule has 3 N–H and O–H groups in total. The van der Waals surface area contributed by atoms with E-state index in [1.165, 1.54) is 0 Å². The third-order valence-electron chi connectivity index (χ3n) is 3.86. The quantitative estimate of drug-likeness (QED) is 0.711. The van der Waals surface area contributed by atoms with Gasteiger partial charge in [-0.25, -0.2) is 0 Å². The summed E-state index contributed by atoms with van der Waals surface area (Å²) < 4.78 is 0. The van der Waals surface area contributed by atoms with Gasteiger partial charge in [0.15, 0.2) is 0 Å². The van der Waals surface area contributed by atoms with E-state index in [0.717, 1.165) is 11.1 Å². The molecule has 0 aliphatic carbocycles. The second kappa shape index (κ2) is 9.20. The van der Waals surface area contributed by atoms with Crippen LogP contribution >= 0.6 is 11.6 Å². The number of carbonyl (C=O) groups excluding carboxylic acids is 2. The molecule has 2 amide bonds. The number of benzene rings is 2. The van der Waals surface area contributed by atoms with Crippen LogP contribution in [0.15, 0.2) is 48.5 Å². The smallest absolute Gasteiger partial charge is 0.243 e. The second-order valence-corrected chi connectivity index (χ2v) is 6.16. The minimum Gasteiger partial charge on any atom is -0.346 e. The molecule has 0 heterocycles. The zero-order valence-corrected chi connectivity index (χ0v) is 15.1. The summed E-state index contributed by atoms with van der Waals surface area (Å²) in [5.41, 5.74) is 2.54. The molecule has 6 heteroatoms. The third-order valence-corrected chi connectivity index (χ3v) is 4.27. The van der Waals surface area contributed by atoms with Crippen molar-refractivity contribution in [2.75, 3.05) is 18.4 Å². The maximum Gasteiger partial charge on any atom is 0.243 e. The lowest BCUT2D eigenvalue weighted by molar-refractivity contribution is -0.123. The van der Waals surface area contributed by atoms with Gasteiger partial charge in [0.05, 0.1) is 13.1 Å². The van der Waals surface area contributed by atoms with Crippen molar-refractivity contribution in [3.63, 3.8) is 0 Å². The highest BCUT2D eigenvalue weighted by Crippen LogP contribution is 2.22. The van der Waals surface area contributed by atoms with Gasteiger partial charge in [-0.15, -0.1) is 0 Å². The molecule has 25 heavy (non-hydrogen) atoms. The molecule has 0 saturated heterocycles. The summed E-state index contributed by atoms with van der Waals surface area (Å²) >= 11 is 6.02. The van der Waals surface area contributed by atoms with Gasteiger partial charge in [-0.2, -0.15) is 0 Å². The van der Waals surface area contributed by atoms with Crippen molar-refractivity contribution in [3.8, 4) is 0 Å². The summed E-state index contributed by atoms with van der Waals surface area (Å²) in [5, 5.41) is 9.05. The fourth-order valence-corrected chi connectivity index (χ4v) is 2.46. The molecule has 2 aromatic rings. The minimum absolute atomic E-state index is 0.0508. The van der Waals surface area contributed by atoms with Crippen molar-refractivity contribution in [2.45, 2.75) is 19.9 Å². The van der Waals surface area contributed by atoms with Crippen molar-refractivity contribution in [1.82, 2.24) is 10.6 Å². The Morgan fingerprint density at radius 1 is 1.00 bits per heavy atom. The Morgan fingerprint density at radius 2 is 1.72 bits per heavy atom. The molecule has 0 saturated carbocycles. The molecule has 0 aromatic heterocycles. The first kappa shape index (κ1) is 19.0.